The summed E-state index contributed by atoms with van der Waals surface area (Å²) in [6, 6.07) is 9.85. The summed E-state index contributed by atoms with van der Waals surface area (Å²) in [6.45, 7) is 0.182. The van der Waals surface area contributed by atoms with Gasteiger partial charge in [0.2, 0.25) is 0 Å². The zero-order valence-corrected chi connectivity index (χ0v) is 12.2. The molecule has 0 atom stereocenters. The molecule has 0 unspecified atom stereocenters. The quantitative estimate of drug-likeness (QED) is 0.713. The van der Waals surface area contributed by atoms with Gasteiger partial charge in [-0.1, -0.05) is 41.4 Å². The molecule has 94 valence electrons. The van der Waals surface area contributed by atoms with Crippen LogP contribution < -0.4 is 4.74 Å². The SMILES string of the molecule is Fc1cccc(COc2c(Cl)cccc2Cl)c1Br. The van der Waals surface area contributed by atoms with Crippen LogP contribution in [0.1, 0.15) is 5.56 Å². The Morgan fingerprint density at radius 3 is 2.33 bits per heavy atom. The Hall–Kier alpha value is -0.770. The van der Waals surface area contributed by atoms with Crippen LogP contribution in [0, 0.1) is 5.82 Å². The van der Waals surface area contributed by atoms with Gasteiger partial charge in [-0.15, -0.1) is 0 Å². The van der Waals surface area contributed by atoms with Crippen LogP contribution in [0.2, 0.25) is 10.0 Å². The molecule has 5 heteroatoms. The van der Waals surface area contributed by atoms with Crippen molar-refractivity contribution in [2.24, 2.45) is 0 Å². The van der Waals surface area contributed by atoms with Crippen molar-refractivity contribution in [3.05, 3.63) is 62.3 Å². The lowest BCUT2D eigenvalue weighted by atomic mass is 10.2. The molecule has 0 fully saturated rings. The van der Waals surface area contributed by atoms with Gasteiger partial charge in [0, 0.05) is 5.56 Å². The zero-order chi connectivity index (χ0) is 13.1. The first-order valence-electron chi connectivity index (χ1n) is 5.09. The second-order valence-electron chi connectivity index (χ2n) is 3.55. The van der Waals surface area contributed by atoms with Gasteiger partial charge in [0.25, 0.3) is 0 Å². The van der Waals surface area contributed by atoms with Crippen LogP contribution in [0.5, 0.6) is 5.75 Å². The van der Waals surface area contributed by atoms with Gasteiger partial charge in [-0.05, 0) is 34.1 Å². The zero-order valence-electron chi connectivity index (χ0n) is 9.09. The van der Waals surface area contributed by atoms with Crippen LogP contribution in [0.15, 0.2) is 40.9 Å². The number of hydrogen-bond donors (Lipinski definition) is 0. The maximum Gasteiger partial charge on any atom is 0.156 e. The van der Waals surface area contributed by atoms with Gasteiger partial charge in [0.1, 0.15) is 12.4 Å². The van der Waals surface area contributed by atoms with Crippen molar-refractivity contribution in [1.29, 1.82) is 0 Å². The molecular weight excluding hydrogens is 342 g/mol. The van der Waals surface area contributed by atoms with Crippen LogP contribution in [-0.2, 0) is 6.61 Å². The highest BCUT2D eigenvalue weighted by Gasteiger charge is 2.09. The van der Waals surface area contributed by atoms with Crippen molar-refractivity contribution >= 4 is 39.1 Å². The van der Waals surface area contributed by atoms with Crippen LogP contribution in [0.25, 0.3) is 0 Å². The largest absolute Gasteiger partial charge is 0.486 e. The molecule has 0 aromatic heterocycles. The summed E-state index contributed by atoms with van der Waals surface area (Å²) in [5.74, 6) is 0.0679. The molecule has 0 N–H and O–H groups in total. The van der Waals surface area contributed by atoms with Gasteiger partial charge in [0.05, 0.1) is 14.5 Å². The van der Waals surface area contributed by atoms with E-state index in [1.165, 1.54) is 6.07 Å². The fraction of sp³-hybridized carbons (Fsp3) is 0.0769. The van der Waals surface area contributed by atoms with Gasteiger partial charge in [-0.2, -0.15) is 0 Å². The van der Waals surface area contributed by atoms with E-state index in [9.17, 15) is 4.39 Å². The van der Waals surface area contributed by atoms with Crippen molar-refractivity contribution in [2.75, 3.05) is 0 Å². The number of halogens is 4. The van der Waals surface area contributed by atoms with Crippen LogP contribution in [0.4, 0.5) is 4.39 Å². The molecule has 0 saturated heterocycles. The minimum absolute atomic E-state index is 0.182. The van der Waals surface area contributed by atoms with Crippen molar-refractivity contribution in [3.8, 4) is 5.75 Å². The molecule has 0 bridgehead atoms. The summed E-state index contributed by atoms with van der Waals surface area (Å²) < 4.78 is 19.2. The summed E-state index contributed by atoms with van der Waals surface area (Å²) in [7, 11) is 0. The van der Waals surface area contributed by atoms with Gasteiger partial charge >= 0.3 is 0 Å². The highest BCUT2D eigenvalue weighted by molar-refractivity contribution is 9.10. The van der Waals surface area contributed by atoms with E-state index in [2.05, 4.69) is 15.9 Å². The van der Waals surface area contributed by atoms with E-state index in [-0.39, 0.29) is 12.4 Å². The molecule has 18 heavy (non-hydrogen) atoms. The first-order chi connectivity index (χ1) is 8.59. The summed E-state index contributed by atoms with van der Waals surface area (Å²) in [4.78, 5) is 0. The van der Waals surface area contributed by atoms with E-state index in [0.717, 1.165) is 0 Å². The molecule has 0 saturated carbocycles. The second kappa shape index (κ2) is 5.91. The molecule has 0 amide bonds. The lowest BCUT2D eigenvalue weighted by Crippen LogP contribution is -1.98. The average molecular weight is 350 g/mol. The molecule has 0 spiro atoms. The molecule has 2 rings (SSSR count). The fourth-order valence-corrected chi connectivity index (χ4v) is 2.32. The third-order valence-corrected chi connectivity index (χ3v) is 3.81. The van der Waals surface area contributed by atoms with E-state index in [1.54, 1.807) is 30.3 Å². The summed E-state index contributed by atoms with van der Waals surface area (Å²) in [5, 5.41) is 0.852. The van der Waals surface area contributed by atoms with Gasteiger partial charge in [0.15, 0.2) is 5.75 Å². The van der Waals surface area contributed by atoms with E-state index in [4.69, 9.17) is 27.9 Å². The minimum Gasteiger partial charge on any atom is -0.486 e. The Bertz CT molecular complexity index is 555. The Morgan fingerprint density at radius 2 is 1.67 bits per heavy atom. The number of rotatable bonds is 3. The Morgan fingerprint density at radius 1 is 1.06 bits per heavy atom. The lowest BCUT2D eigenvalue weighted by Gasteiger charge is -2.11. The molecular formula is C13H8BrCl2FO. The smallest absolute Gasteiger partial charge is 0.156 e. The molecule has 0 heterocycles. The fourth-order valence-electron chi connectivity index (χ4n) is 1.43. The maximum absolute atomic E-state index is 13.3. The second-order valence-corrected chi connectivity index (χ2v) is 5.16. The predicted octanol–water partition coefficient (Wildman–Crippen LogP) is 5.47. The van der Waals surface area contributed by atoms with Crippen LogP contribution in [0.3, 0.4) is 0 Å². The van der Waals surface area contributed by atoms with Gasteiger partial charge in [-0.25, -0.2) is 4.39 Å². The van der Waals surface area contributed by atoms with Crippen molar-refractivity contribution < 1.29 is 9.13 Å². The Kier molecular flexibility index (Phi) is 4.49. The van der Waals surface area contributed by atoms with Crippen molar-refractivity contribution in [2.45, 2.75) is 6.61 Å². The Labute approximate surface area is 123 Å². The Balaban J connectivity index is 2.19. The first kappa shape index (κ1) is 13.7. The normalized spacial score (nSPS) is 10.4. The monoisotopic (exact) mass is 348 g/mol. The number of hydrogen-bond acceptors (Lipinski definition) is 1. The summed E-state index contributed by atoms with van der Waals surface area (Å²) >= 11 is 15.1. The molecule has 0 aliphatic rings. The molecule has 0 aliphatic carbocycles. The molecule has 0 aliphatic heterocycles. The third-order valence-electron chi connectivity index (χ3n) is 2.32. The lowest BCUT2D eigenvalue weighted by molar-refractivity contribution is 0.305. The number of para-hydroxylation sites is 1. The van der Waals surface area contributed by atoms with E-state index < -0.39 is 0 Å². The van der Waals surface area contributed by atoms with Crippen molar-refractivity contribution in [3.63, 3.8) is 0 Å². The number of benzene rings is 2. The summed E-state index contributed by atoms with van der Waals surface area (Å²) in [5.41, 5.74) is 0.686. The first-order valence-corrected chi connectivity index (χ1v) is 6.64. The number of ether oxygens (including phenoxy) is 1. The third kappa shape index (κ3) is 2.97. The highest BCUT2D eigenvalue weighted by Crippen LogP contribution is 2.33. The predicted molar refractivity (Wildman–Crippen MR) is 74.9 cm³/mol. The van der Waals surface area contributed by atoms with Crippen LogP contribution >= 0.6 is 39.1 Å². The standard InChI is InChI=1S/C13H8BrCl2FO/c14-12-8(3-1-6-11(12)17)7-18-13-9(15)4-2-5-10(13)16/h1-6H,7H2. The maximum atomic E-state index is 13.3. The van der Waals surface area contributed by atoms with E-state index >= 15 is 0 Å². The minimum atomic E-state index is -0.332. The van der Waals surface area contributed by atoms with E-state index in [1.807, 2.05) is 0 Å². The average Bonchev–Trinajstić information content (AvgIpc) is 2.33. The van der Waals surface area contributed by atoms with E-state index in [0.29, 0.717) is 25.8 Å². The van der Waals surface area contributed by atoms with Gasteiger partial charge < -0.3 is 4.74 Å². The van der Waals surface area contributed by atoms with Gasteiger partial charge in [-0.3, -0.25) is 0 Å². The molecule has 2 aromatic rings. The van der Waals surface area contributed by atoms with Crippen molar-refractivity contribution in [1.82, 2.24) is 0 Å². The molecule has 2 aromatic carbocycles. The topological polar surface area (TPSA) is 9.23 Å². The summed E-state index contributed by atoms with van der Waals surface area (Å²) in [6.07, 6.45) is 0. The molecule has 1 nitrogen and oxygen atoms in total. The highest BCUT2D eigenvalue weighted by atomic mass is 79.9. The van der Waals surface area contributed by atoms with Crippen LogP contribution in [-0.4, -0.2) is 0 Å². The molecule has 0 radical (unpaired) electrons.